The minimum atomic E-state index is -4.19. The summed E-state index contributed by atoms with van der Waals surface area (Å²) in [5.74, 6) is -0.355. The number of benzene rings is 4. The molecule has 1 aromatic heterocycles. The fraction of sp³-hybridized carbons (Fsp3) is 0.250. The van der Waals surface area contributed by atoms with Crippen LogP contribution >= 0.6 is 0 Å². The summed E-state index contributed by atoms with van der Waals surface area (Å²) >= 11 is 0. The van der Waals surface area contributed by atoms with E-state index < -0.39 is 10.1 Å². The van der Waals surface area contributed by atoms with E-state index in [0.29, 0.717) is 13.0 Å². The third-order valence-corrected chi connectivity index (χ3v) is 10.1. The maximum atomic E-state index is 10.9. The molecule has 0 saturated heterocycles. The lowest BCUT2D eigenvalue weighted by molar-refractivity contribution is -0.696. The van der Waals surface area contributed by atoms with Gasteiger partial charge in [-0.25, -0.2) is 13.0 Å². The molecule has 0 radical (unpaired) electrons. The highest BCUT2D eigenvalue weighted by Gasteiger charge is 2.17. The molecule has 0 aliphatic carbocycles. The van der Waals surface area contributed by atoms with Gasteiger partial charge in [0, 0.05) is 61.9 Å². The van der Waals surface area contributed by atoms with E-state index in [2.05, 4.69) is 153 Å². The van der Waals surface area contributed by atoms with E-state index in [4.69, 9.17) is 0 Å². The highest BCUT2D eigenvalue weighted by Crippen LogP contribution is 2.38. The van der Waals surface area contributed by atoms with Gasteiger partial charge in [0.1, 0.15) is 6.54 Å². The Hall–Kier alpha value is -4.98. The quantitative estimate of drug-likeness (QED) is 0.0585. The molecule has 0 unspecified atom stereocenters. The number of anilines is 2. The molecule has 264 valence electrons. The maximum Gasteiger partial charge on any atom is 0.169 e. The van der Waals surface area contributed by atoms with Crippen LogP contribution in [0.25, 0.3) is 23.3 Å². The highest BCUT2D eigenvalue weighted by molar-refractivity contribution is 7.85. The predicted octanol–water partition coefficient (Wildman–Crippen LogP) is 8.78. The monoisotopic (exact) mass is 699 g/mol. The molecule has 1 heterocycles. The number of aromatic nitrogens is 1. The summed E-state index contributed by atoms with van der Waals surface area (Å²) in [4.78, 5) is 4.74. The lowest BCUT2D eigenvalue weighted by atomic mass is 9.85. The Bertz CT molecular complexity index is 1940. The van der Waals surface area contributed by atoms with E-state index in [0.717, 1.165) is 48.4 Å². The summed E-state index contributed by atoms with van der Waals surface area (Å²) in [6, 6.07) is 41.4. The molecule has 0 fully saturated rings. The molecule has 6 nitrogen and oxygen atoms in total. The van der Waals surface area contributed by atoms with Crippen LogP contribution in [0.2, 0.25) is 0 Å². The molecule has 0 saturated carbocycles. The standard InChI is InChI=1S/C44H49N3O3S/c1-5-46(6-2)41-25-21-39(22-26-41)44(40-23-27-42(28-24-40)47(7-3)8-4)43(37-13-10-9-11-14-37)38-19-17-35(18-20-38)15-16-36-29-32-45(33-30-36)31-12-34-51(48,49)50/h9-11,13-30,32-33H,5-8,12,31,34H2,1-4H3. The van der Waals surface area contributed by atoms with Gasteiger partial charge in [0.15, 0.2) is 12.4 Å². The van der Waals surface area contributed by atoms with Gasteiger partial charge in [-0.3, -0.25) is 0 Å². The van der Waals surface area contributed by atoms with E-state index in [1.807, 2.05) is 29.1 Å². The number of pyridine rings is 1. The minimum Gasteiger partial charge on any atom is -0.748 e. The van der Waals surface area contributed by atoms with Gasteiger partial charge in [0.25, 0.3) is 0 Å². The predicted molar refractivity (Wildman–Crippen MR) is 213 cm³/mol. The SMILES string of the molecule is CCN(CC)c1ccc(C(=C(c2ccccc2)c2ccc(C=Cc3cc[n+](CCCS(=O)(=O)[O-])cc3)cc2)c2ccc(N(CC)CC)cc2)cc1. The Morgan fingerprint density at radius 2 is 0.961 bits per heavy atom. The number of hydrogen-bond donors (Lipinski definition) is 0. The Balaban J connectivity index is 1.53. The number of nitrogens with zero attached hydrogens (tertiary/aromatic N) is 3. The molecular formula is C44H49N3O3S. The number of hydrogen-bond acceptors (Lipinski definition) is 5. The summed E-state index contributed by atoms with van der Waals surface area (Å²) in [7, 11) is -4.19. The summed E-state index contributed by atoms with van der Waals surface area (Å²) in [5.41, 5.74) is 11.5. The Morgan fingerprint density at radius 1 is 0.569 bits per heavy atom. The van der Waals surface area contributed by atoms with E-state index in [1.165, 1.54) is 33.6 Å². The van der Waals surface area contributed by atoms with Crippen LogP contribution in [0, 0.1) is 0 Å². The molecule has 5 aromatic rings. The van der Waals surface area contributed by atoms with Crippen molar-refractivity contribution in [3.05, 3.63) is 161 Å². The second kappa shape index (κ2) is 17.8. The van der Waals surface area contributed by atoms with Gasteiger partial charge in [-0.1, -0.05) is 91.0 Å². The fourth-order valence-corrected chi connectivity index (χ4v) is 6.96. The van der Waals surface area contributed by atoms with Crippen LogP contribution < -0.4 is 14.4 Å². The first-order chi connectivity index (χ1) is 24.7. The molecular weight excluding hydrogens is 651 g/mol. The molecule has 51 heavy (non-hydrogen) atoms. The summed E-state index contributed by atoms with van der Waals surface area (Å²) in [6.07, 6.45) is 8.26. The van der Waals surface area contributed by atoms with Gasteiger partial charge in [0.05, 0.1) is 10.1 Å². The topological polar surface area (TPSA) is 67.6 Å². The van der Waals surface area contributed by atoms with Crippen LogP contribution in [0.15, 0.2) is 128 Å². The first kappa shape index (κ1) is 37.3. The van der Waals surface area contributed by atoms with Gasteiger partial charge in [-0.05, 0) is 96.5 Å². The smallest absolute Gasteiger partial charge is 0.169 e. The zero-order valence-electron chi connectivity index (χ0n) is 30.2. The molecule has 0 amide bonds. The highest BCUT2D eigenvalue weighted by atomic mass is 32.2. The largest absolute Gasteiger partial charge is 0.748 e. The van der Waals surface area contributed by atoms with E-state index in [9.17, 15) is 13.0 Å². The Labute approximate surface area is 304 Å². The molecule has 0 aliphatic heterocycles. The minimum absolute atomic E-state index is 0.294. The molecule has 4 aromatic carbocycles. The number of rotatable bonds is 16. The molecule has 0 aliphatic rings. The molecule has 7 heteroatoms. The van der Waals surface area contributed by atoms with Gasteiger partial charge >= 0.3 is 0 Å². The zero-order chi connectivity index (χ0) is 36.2. The van der Waals surface area contributed by atoms with Gasteiger partial charge < -0.3 is 14.4 Å². The van der Waals surface area contributed by atoms with Gasteiger partial charge in [-0.2, -0.15) is 0 Å². The first-order valence-electron chi connectivity index (χ1n) is 17.9. The van der Waals surface area contributed by atoms with Gasteiger partial charge in [-0.15, -0.1) is 0 Å². The summed E-state index contributed by atoms with van der Waals surface area (Å²) < 4.78 is 34.6. The first-order valence-corrected chi connectivity index (χ1v) is 19.5. The van der Waals surface area contributed by atoms with Crippen LogP contribution in [0.3, 0.4) is 0 Å². The zero-order valence-corrected chi connectivity index (χ0v) is 31.0. The van der Waals surface area contributed by atoms with Crippen molar-refractivity contribution in [3.8, 4) is 0 Å². The van der Waals surface area contributed by atoms with Crippen molar-refractivity contribution in [1.82, 2.24) is 0 Å². The third-order valence-electron chi connectivity index (χ3n) is 9.28. The maximum absolute atomic E-state index is 10.9. The molecule has 0 N–H and O–H groups in total. The molecule has 0 atom stereocenters. The Kier molecular flexibility index (Phi) is 13.0. The lowest BCUT2D eigenvalue weighted by Gasteiger charge is -2.23. The van der Waals surface area contributed by atoms with Crippen molar-refractivity contribution in [2.75, 3.05) is 41.7 Å². The van der Waals surface area contributed by atoms with Crippen molar-refractivity contribution in [2.45, 2.75) is 40.7 Å². The lowest BCUT2D eigenvalue weighted by Crippen LogP contribution is -2.33. The van der Waals surface area contributed by atoms with Crippen molar-refractivity contribution in [2.24, 2.45) is 0 Å². The second-order valence-electron chi connectivity index (χ2n) is 12.5. The van der Waals surface area contributed by atoms with E-state index in [-0.39, 0.29) is 5.75 Å². The fourth-order valence-electron chi connectivity index (χ4n) is 6.48. The van der Waals surface area contributed by atoms with E-state index in [1.54, 1.807) is 0 Å². The van der Waals surface area contributed by atoms with Crippen LogP contribution in [0.1, 0.15) is 67.5 Å². The summed E-state index contributed by atoms with van der Waals surface area (Å²) in [5, 5.41) is 0. The molecule has 0 bridgehead atoms. The van der Waals surface area contributed by atoms with Gasteiger partial charge in [0.2, 0.25) is 0 Å². The normalized spacial score (nSPS) is 11.5. The Morgan fingerprint density at radius 3 is 1.37 bits per heavy atom. The molecule has 0 spiro atoms. The molecule has 5 rings (SSSR count). The van der Waals surface area contributed by atoms with Crippen LogP contribution in [0.5, 0.6) is 0 Å². The van der Waals surface area contributed by atoms with Crippen molar-refractivity contribution < 1.29 is 17.5 Å². The second-order valence-corrected chi connectivity index (χ2v) is 14.0. The third kappa shape index (κ3) is 10.1. The van der Waals surface area contributed by atoms with Crippen LogP contribution in [0.4, 0.5) is 11.4 Å². The van der Waals surface area contributed by atoms with E-state index >= 15 is 0 Å². The average molecular weight is 700 g/mol. The van der Waals surface area contributed by atoms with Crippen LogP contribution in [-0.2, 0) is 16.7 Å². The van der Waals surface area contributed by atoms with Crippen LogP contribution in [-0.4, -0.2) is 44.9 Å². The number of aryl methyl sites for hydroxylation is 1. The van der Waals surface area contributed by atoms with Crippen molar-refractivity contribution in [3.63, 3.8) is 0 Å². The average Bonchev–Trinajstić information content (AvgIpc) is 3.15. The van der Waals surface area contributed by atoms with Crippen molar-refractivity contribution in [1.29, 1.82) is 0 Å². The van der Waals surface area contributed by atoms with Crippen molar-refractivity contribution >= 4 is 44.8 Å². The summed E-state index contributed by atoms with van der Waals surface area (Å²) in [6.45, 7) is 13.1.